The van der Waals surface area contributed by atoms with Crippen LogP contribution in [-0.2, 0) is 14.4 Å². The molecule has 1 aromatic heterocycles. The van der Waals surface area contributed by atoms with Crippen molar-refractivity contribution in [2.75, 3.05) is 18.4 Å². The number of anilines is 1. The molecule has 0 radical (unpaired) electrons. The van der Waals surface area contributed by atoms with Gasteiger partial charge < -0.3 is 10.2 Å². The summed E-state index contributed by atoms with van der Waals surface area (Å²) in [7, 11) is 0. The molecule has 1 aliphatic rings. The molecule has 1 fully saturated rings. The SMILES string of the molecule is CC(C)C(=O)N[C@H]1CCCN(C(=O)C(=O)Nc2nccs2)C1. The first-order valence-corrected chi connectivity index (χ1v) is 8.15. The Balaban J connectivity index is 1.89. The van der Waals surface area contributed by atoms with Gasteiger partial charge in [-0.3, -0.25) is 19.7 Å². The third-order valence-corrected chi connectivity index (χ3v) is 4.11. The summed E-state index contributed by atoms with van der Waals surface area (Å²) in [6, 6.07) is -0.0970. The fraction of sp³-hybridized carbons (Fsp3) is 0.571. The van der Waals surface area contributed by atoms with Gasteiger partial charge in [0.1, 0.15) is 0 Å². The van der Waals surface area contributed by atoms with E-state index in [-0.39, 0.29) is 17.9 Å². The molecule has 2 rings (SSSR count). The van der Waals surface area contributed by atoms with Crippen LogP contribution in [0.2, 0.25) is 0 Å². The fourth-order valence-electron chi connectivity index (χ4n) is 2.23. The van der Waals surface area contributed by atoms with Crippen molar-refractivity contribution in [3.05, 3.63) is 11.6 Å². The molecule has 0 bridgehead atoms. The van der Waals surface area contributed by atoms with Crippen molar-refractivity contribution in [2.45, 2.75) is 32.7 Å². The minimum atomic E-state index is -0.689. The average Bonchev–Trinajstić information content (AvgIpc) is 2.99. The zero-order chi connectivity index (χ0) is 16.1. The maximum atomic E-state index is 12.2. The number of carbonyl (C=O) groups excluding carboxylic acids is 3. The summed E-state index contributed by atoms with van der Waals surface area (Å²) in [4.78, 5) is 41.2. The van der Waals surface area contributed by atoms with E-state index < -0.39 is 11.8 Å². The predicted octanol–water partition coefficient (Wildman–Crippen LogP) is 0.845. The second kappa shape index (κ2) is 7.35. The van der Waals surface area contributed by atoms with Crippen LogP contribution in [0.3, 0.4) is 0 Å². The molecule has 0 aliphatic carbocycles. The van der Waals surface area contributed by atoms with Crippen molar-refractivity contribution in [2.24, 2.45) is 5.92 Å². The summed E-state index contributed by atoms with van der Waals surface area (Å²) >= 11 is 1.26. The Kier molecular flexibility index (Phi) is 5.48. The van der Waals surface area contributed by atoms with Crippen molar-refractivity contribution in [1.82, 2.24) is 15.2 Å². The van der Waals surface area contributed by atoms with E-state index in [0.29, 0.717) is 18.2 Å². The summed E-state index contributed by atoms with van der Waals surface area (Å²) in [6.07, 6.45) is 3.14. The number of aromatic nitrogens is 1. The number of hydrogen-bond acceptors (Lipinski definition) is 5. The molecule has 1 aliphatic heterocycles. The lowest BCUT2D eigenvalue weighted by Crippen LogP contribution is -2.52. The summed E-state index contributed by atoms with van der Waals surface area (Å²) in [5.41, 5.74) is 0. The maximum Gasteiger partial charge on any atom is 0.315 e. The normalized spacial score (nSPS) is 18.1. The Morgan fingerprint density at radius 2 is 2.18 bits per heavy atom. The van der Waals surface area contributed by atoms with Gasteiger partial charge in [-0.1, -0.05) is 13.8 Å². The fourth-order valence-corrected chi connectivity index (χ4v) is 2.75. The van der Waals surface area contributed by atoms with E-state index in [1.807, 2.05) is 13.8 Å². The number of amides is 3. The van der Waals surface area contributed by atoms with Crippen molar-refractivity contribution in [3.8, 4) is 0 Å². The van der Waals surface area contributed by atoms with Gasteiger partial charge in [0.25, 0.3) is 0 Å². The molecule has 2 N–H and O–H groups in total. The van der Waals surface area contributed by atoms with E-state index in [1.54, 1.807) is 11.6 Å². The number of carbonyl (C=O) groups is 3. The van der Waals surface area contributed by atoms with Gasteiger partial charge >= 0.3 is 11.8 Å². The molecule has 22 heavy (non-hydrogen) atoms. The Bertz CT molecular complexity index is 544. The molecule has 2 heterocycles. The molecule has 0 saturated carbocycles. The van der Waals surface area contributed by atoms with E-state index in [1.165, 1.54) is 16.2 Å². The molecule has 1 aromatic rings. The van der Waals surface area contributed by atoms with Crippen LogP contribution < -0.4 is 10.6 Å². The number of thiazole rings is 1. The first-order valence-electron chi connectivity index (χ1n) is 7.27. The zero-order valence-electron chi connectivity index (χ0n) is 12.7. The number of rotatable bonds is 3. The van der Waals surface area contributed by atoms with Gasteiger partial charge in [0.15, 0.2) is 5.13 Å². The van der Waals surface area contributed by atoms with Crippen molar-refractivity contribution < 1.29 is 14.4 Å². The summed E-state index contributed by atoms with van der Waals surface area (Å²) < 4.78 is 0. The van der Waals surface area contributed by atoms with E-state index in [9.17, 15) is 14.4 Å². The number of likely N-dealkylation sites (tertiary alicyclic amines) is 1. The molecule has 1 atom stereocenters. The summed E-state index contributed by atoms with van der Waals surface area (Å²) in [5, 5.41) is 7.52. The van der Waals surface area contributed by atoms with Crippen molar-refractivity contribution in [1.29, 1.82) is 0 Å². The predicted molar refractivity (Wildman–Crippen MR) is 83.3 cm³/mol. The molecule has 7 nitrogen and oxygen atoms in total. The third kappa shape index (κ3) is 4.27. The first kappa shape index (κ1) is 16.4. The molecule has 120 valence electrons. The van der Waals surface area contributed by atoms with Crippen LogP contribution in [-0.4, -0.2) is 46.7 Å². The van der Waals surface area contributed by atoms with Crippen LogP contribution in [0, 0.1) is 5.92 Å². The molecule has 0 aromatic carbocycles. The highest BCUT2D eigenvalue weighted by Gasteiger charge is 2.29. The minimum Gasteiger partial charge on any atom is -0.351 e. The standard InChI is InChI=1S/C14H20N4O3S/c1-9(2)11(19)16-10-4-3-6-18(8-10)13(21)12(20)17-14-15-5-7-22-14/h5,7,9-10H,3-4,6,8H2,1-2H3,(H,16,19)(H,15,17,20)/t10-/m0/s1. The minimum absolute atomic E-state index is 0.0356. The van der Waals surface area contributed by atoms with Crippen molar-refractivity contribution in [3.63, 3.8) is 0 Å². The topological polar surface area (TPSA) is 91.4 Å². The van der Waals surface area contributed by atoms with Gasteiger partial charge in [0.05, 0.1) is 0 Å². The summed E-state index contributed by atoms with van der Waals surface area (Å²) in [6.45, 7) is 4.53. The smallest absolute Gasteiger partial charge is 0.315 e. The number of hydrogen-bond donors (Lipinski definition) is 2. The maximum absolute atomic E-state index is 12.2. The number of piperidine rings is 1. The lowest BCUT2D eigenvalue weighted by atomic mass is 10.0. The quantitative estimate of drug-likeness (QED) is 0.806. The Morgan fingerprint density at radius 1 is 1.41 bits per heavy atom. The second-order valence-electron chi connectivity index (χ2n) is 5.54. The van der Waals surface area contributed by atoms with E-state index >= 15 is 0 Å². The lowest BCUT2D eigenvalue weighted by Gasteiger charge is -2.33. The van der Waals surface area contributed by atoms with E-state index in [2.05, 4.69) is 15.6 Å². The lowest BCUT2D eigenvalue weighted by molar-refractivity contribution is -0.144. The van der Waals surface area contributed by atoms with Gasteiger partial charge in [0, 0.05) is 36.6 Å². The molecule has 1 saturated heterocycles. The Hall–Kier alpha value is -1.96. The second-order valence-corrected chi connectivity index (χ2v) is 6.44. The van der Waals surface area contributed by atoms with Gasteiger partial charge in [0.2, 0.25) is 5.91 Å². The highest BCUT2D eigenvalue weighted by molar-refractivity contribution is 7.13. The Labute approximate surface area is 133 Å². The number of nitrogens with one attached hydrogen (secondary N) is 2. The molecule has 8 heteroatoms. The first-order chi connectivity index (χ1) is 10.5. The third-order valence-electron chi connectivity index (χ3n) is 3.43. The molecular weight excluding hydrogens is 304 g/mol. The van der Waals surface area contributed by atoms with Crippen LogP contribution in [0.25, 0.3) is 0 Å². The van der Waals surface area contributed by atoms with Crippen LogP contribution >= 0.6 is 11.3 Å². The van der Waals surface area contributed by atoms with E-state index in [0.717, 1.165) is 12.8 Å². The molecule has 0 unspecified atom stereocenters. The van der Waals surface area contributed by atoms with Gasteiger partial charge in [-0.25, -0.2) is 4.98 Å². The van der Waals surface area contributed by atoms with Gasteiger partial charge in [-0.15, -0.1) is 11.3 Å². The average molecular weight is 324 g/mol. The summed E-state index contributed by atoms with van der Waals surface area (Å²) in [5.74, 6) is -1.41. The van der Waals surface area contributed by atoms with Gasteiger partial charge in [-0.2, -0.15) is 0 Å². The molecular formula is C14H20N4O3S. The largest absolute Gasteiger partial charge is 0.351 e. The van der Waals surface area contributed by atoms with Crippen LogP contribution in [0.15, 0.2) is 11.6 Å². The molecule has 3 amide bonds. The Morgan fingerprint density at radius 3 is 2.82 bits per heavy atom. The van der Waals surface area contributed by atoms with Gasteiger partial charge in [-0.05, 0) is 12.8 Å². The highest BCUT2D eigenvalue weighted by atomic mass is 32.1. The monoisotopic (exact) mass is 324 g/mol. The van der Waals surface area contributed by atoms with Crippen LogP contribution in [0.4, 0.5) is 5.13 Å². The highest BCUT2D eigenvalue weighted by Crippen LogP contribution is 2.13. The van der Waals surface area contributed by atoms with Crippen LogP contribution in [0.1, 0.15) is 26.7 Å². The number of nitrogens with zero attached hydrogens (tertiary/aromatic N) is 2. The van der Waals surface area contributed by atoms with Crippen LogP contribution in [0.5, 0.6) is 0 Å². The van der Waals surface area contributed by atoms with Crippen molar-refractivity contribution >= 4 is 34.2 Å². The van der Waals surface area contributed by atoms with E-state index in [4.69, 9.17) is 0 Å². The zero-order valence-corrected chi connectivity index (χ0v) is 13.5. The molecule has 0 spiro atoms.